The predicted molar refractivity (Wildman–Crippen MR) is 80.9 cm³/mol. The van der Waals surface area contributed by atoms with E-state index in [4.69, 9.17) is 15.1 Å². The molecule has 0 unspecified atom stereocenters. The Labute approximate surface area is 120 Å². The number of methoxy groups -OCH3 is 1. The molecule has 0 bridgehead atoms. The SMILES string of the molecule is CCCCN=C(N)c1ccc(OC)c(CC)c1.OCl. The molecule has 108 valence electrons. The fraction of sp³-hybridized carbons (Fsp3) is 0.500. The fourth-order valence-electron chi connectivity index (χ4n) is 1.66. The summed E-state index contributed by atoms with van der Waals surface area (Å²) in [6.07, 6.45) is 3.15. The normalized spacial score (nSPS) is 10.7. The van der Waals surface area contributed by atoms with Crippen LogP contribution in [0.3, 0.4) is 0 Å². The third-order valence-corrected chi connectivity index (χ3v) is 2.75. The number of hydrogen-bond acceptors (Lipinski definition) is 3. The average Bonchev–Trinajstić information content (AvgIpc) is 2.48. The van der Waals surface area contributed by atoms with Gasteiger partial charge in [-0.3, -0.25) is 9.65 Å². The van der Waals surface area contributed by atoms with Crippen LogP contribution in [0.15, 0.2) is 23.2 Å². The summed E-state index contributed by atoms with van der Waals surface area (Å²) in [6.45, 7) is 5.05. The van der Waals surface area contributed by atoms with Crippen molar-refractivity contribution in [1.29, 1.82) is 0 Å². The fourth-order valence-corrected chi connectivity index (χ4v) is 1.66. The number of benzene rings is 1. The van der Waals surface area contributed by atoms with Gasteiger partial charge in [0, 0.05) is 12.1 Å². The standard InChI is InChI=1S/C14H22N2O.ClHO/c1-4-6-9-16-14(15)12-7-8-13(17-3)11(5-2)10-12;1-2/h7-8,10H,4-6,9H2,1-3H3,(H2,15,16);2H. The first-order valence-electron chi connectivity index (χ1n) is 6.37. The van der Waals surface area contributed by atoms with Gasteiger partial charge in [0.15, 0.2) is 0 Å². The Morgan fingerprint density at radius 3 is 2.58 bits per heavy atom. The lowest BCUT2D eigenvalue weighted by atomic mass is 10.1. The second kappa shape index (κ2) is 10.6. The Balaban J connectivity index is 0.00000154. The van der Waals surface area contributed by atoms with Crippen LogP contribution in [0.5, 0.6) is 5.75 Å². The Morgan fingerprint density at radius 2 is 2.05 bits per heavy atom. The van der Waals surface area contributed by atoms with Gasteiger partial charge < -0.3 is 10.5 Å². The molecule has 3 N–H and O–H groups in total. The lowest BCUT2D eigenvalue weighted by Gasteiger charge is -2.09. The molecule has 0 amide bonds. The van der Waals surface area contributed by atoms with Gasteiger partial charge in [0.05, 0.1) is 19.0 Å². The molecule has 0 fully saturated rings. The van der Waals surface area contributed by atoms with Crippen LogP contribution in [0.2, 0.25) is 0 Å². The number of rotatable bonds is 6. The van der Waals surface area contributed by atoms with Crippen LogP contribution in [0, 0.1) is 0 Å². The minimum atomic E-state index is 0.621. The van der Waals surface area contributed by atoms with E-state index in [2.05, 4.69) is 36.8 Å². The Hall–Kier alpha value is -1.26. The molecule has 0 aliphatic rings. The van der Waals surface area contributed by atoms with Crippen LogP contribution >= 0.6 is 11.9 Å². The number of nitrogens with zero attached hydrogens (tertiary/aromatic N) is 1. The zero-order valence-electron chi connectivity index (χ0n) is 11.8. The van der Waals surface area contributed by atoms with Crippen molar-refractivity contribution >= 4 is 17.7 Å². The number of hydrogen-bond donors (Lipinski definition) is 2. The number of amidine groups is 1. The summed E-state index contributed by atoms with van der Waals surface area (Å²) in [4.78, 5) is 4.37. The number of nitrogens with two attached hydrogens (primary N) is 1. The van der Waals surface area contributed by atoms with E-state index < -0.39 is 0 Å². The minimum absolute atomic E-state index is 0.621. The van der Waals surface area contributed by atoms with Crippen molar-refractivity contribution in [3.63, 3.8) is 0 Å². The van der Waals surface area contributed by atoms with Gasteiger partial charge in [-0.1, -0.05) is 20.3 Å². The molecule has 0 saturated heterocycles. The van der Waals surface area contributed by atoms with E-state index in [0.717, 1.165) is 37.1 Å². The van der Waals surface area contributed by atoms with E-state index in [9.17, 15) is 0 Å². The zero-order chi connectivity index (χ0) is 14.7. The highest BCUT2D eigenvalue weighted by Crippen LogP contribution is 2.20. The molecule has 0 atom stereocenters. The van der Waals surface area contributed by atoms with Gasteiger partial charge in [-0.25, -0.2) is 0 Å². The van der Waals surface area contributed by atoms with Gasteiger partial charge in [-0.2, -0.15) is 0 Å². The Bertz CT molecular complexity index is 395. The summed E-state index contributed by atoms with van der Waals surface area (Å²) < 4.78 is 11.8. The van der Waals surface area contributed by atoms with Gasteiger partial charge in [0.1, 0.15) is 11.6 Å². The van der Waals surface area contributed by atoms with Gasteiger partial charge in [0.25, 0.3) is 0 Å². The minimum Gasteiger partial charge on any atom is -0.496 e. The maximum atomic E-state index is 6.47. The lowest BCUT2D eigenvalue weighted by Crippen LogP contribution is -2.14. The number of unbranched alkanes of at least 4 members (excludes halogenated alkanes) is 1. The number of halogens is 1. The molecule has 0 heterocycles. The zero-order valence-corrected chi connectivity index (χ0v) is 12.6. The lowest BCUT2D eigenvalue weighted by molar-refractivity contribution is 0.410. The molecular weight excluding hydrogens is 264 g/mol. The molecule has 1 rings (SSSR count). The van der Waals surface area contributed by atoms with Gasteiger partial charge in [-0.15, -0.1) is 0 Å². The van der Waals surface area contributed by atoms with E-state index in [0.29, 0.717) is 5.84 Å². The van der Waals surface area contributed by atoms with Crippen LogP contribution in [0.1, 0.15) is 37.8 Å². The van der Waals surface area contributed by atoms with Crippen molar-refractivity contribution < 1.29 is 9.40 Å². The van der Waals surface area contributed by atoms with E-state index in [1.165, 1.54) is 5.56 Å². The highest BCUT2D eigenvalue weighted by molar-refractivity contribution is 6.04. The topological polar surface area (TPSA) is 67.8 Å². The molecule has 0 spiro atoms. The summed E-state index contributed by atoms with van der Waals surface area (Å²) in [5.41, 5.74) is 8.11. The maximum Gasteiger partial charge on any atom is 0.125 e. The van der Waals surface area contributed by atoms with E-state index in [1.807, 2.05) is 12.1 Å². The number of aliphatic imine (C=N–C) groups is 1. The third-order valence-electron chi connectivity index (χ3n) is 2.75. The molecular formula is C14H23ClN2O2. The summed E-state index contributed by atoms with van der Waals surface area (Å²) >= 11 is 3.64. The summed E-state index contributed by atoms with van der Waals surface area (Å²) in [6, 6.07) is 5.97. The van der Waals surface area contributed by atoms with E-state index in [1.54, 1.807) is 7.11 Å². The molecule has 0 aromatic heterocycles. The number of ether oxygens (including phenoxy) is 1. The van der Waals surface area contributed by atoms with Crippen LogP contribution in [0.4, 0.5) is 0 Å². The molecule has 5 heteroatoms. The summed E-state index contributed by atoms with van der Waals surface area (Å²) in [7, 11) is 1.69. The molecule has 0 radical (unpaired) electrons. The predicted octanol–water partition coefficient (Wildman–Crippen LogP) is 2.90. The summed E-state index contributed by atoms with van der Waals surface area (Å²) in [5.74, 6) is 1.54. The van der Waals surface area contributed by atoms with E-state index in [-0.39, 0.29) is 0 Å². The molecule has 4 nitrogen and oxygen atoms in total. The Kier molecular flexibility index (Phi) is 9.94. The van der Waals surface area contributed by atoms with Crippen LogP contribution in [0.25, 0.3) is 0 Å². The van der Waals surface area contributed by atoms with Crippen molar-refractivity contribution in [2.45, 2.75) is 33.1 Å². The first-order chi connectivity index (χ1) is 9.22. The second-order valence-electron chi connectivity index (χ2n) is 4.00. The van der Waals surface area contributed by atoms with Crippen LogP contribution in [-0.2, 0) is 6.42 Å². The molecule has 1 aromatic carbocycles. The highest BCUT2D eigenvalue weighted by Gasteiger charge is 2.04. The van der Waals surface area contributed by atoms with Crippen molar-refractivity contribution in [2.24, 2.45) is 10.7 Å². The molecule has 0 saturated carbocycles. The molecule has 0 aliphatic carbocycles. The molecule has 19 heavy (non-hydrogen) atoms. The molecule has 1 aromatic rings. The quantitative estimate of drug-likeness (QED) is 0.480. The van der Waals surface area contributed by atoms with Gasteiger partial charge in [0.2, 0.25) is 0 Å². The smallest absolute Gasteiger partial charge is 0.125 e. The second-order valence-corrected chi connectivity index (χ2v) is 4.00. The van der Waals surface area contributed by atoms with Crippen molar-refractivity contribution in [3.05, 3.63) is 29.3 Å². The highest BCUT2D eigenvalue weighted by atomic mass is 35.5. The monoisotopic (exact) mass is 286 g/mol. The average molecular weight is 287 g/mol. The summed E-state index contributed by atoms with van der Waals surface area (Å²) in [5, 5.41) is 0. The maximum absolute atomic E-state index is 6.47. The Morgan fingerprint density at radius 1 is 1.37 bits per heavy atom. The number of aryl methyl sites for hydroxylation is 1. The first-order valence-corrected chi connectivity index (χ1v) is 6.70. The first kappa shape index (κ1) is 17.7. The van der Waals surface area contributed by atoms with Crippen LogP contribution < -0.4 is 10.5 Å². The van der Waals surface area contributed by atoms with Gasteiger partial charge in [-0.05, 0) is 36.6 Å². The van der Waals surface area contributed by atoms with E-state index >= 15 is 0 Å². The largest absolute Gasteiger partial charge is 0.496 e. The third kappa shape index (κ3) is 5.94. The van der Waals surface area contributed by atoms with Crippen LogP contribution in [-0.4, -0.2) is 24.1 Å². The van der Waals surface area contributed by atoms with Crippen molar-refractivity contribution in [1.82, 2.24) is 0 Å². The van der Waals surface area contributed by atoms with Gasteiger partial charge >= 0.3 is 0 Å². The molecule has 0 aliphatic heterocycles. The van der Waals surface area contributed by atoms with Crippen molar-refractivity contribution in [3.8, 4) is 5.75 Å². The van der Waals surface area contributed by atoms with Crippen molar-refractivity contribution in [2.75, 3.05) is 13.7 Å².